The zero-order valence-corrected chi connectivity index (χ0v) is 13.9. The third-order valence-corrected chi connectivity index (χ3v) is 4.25. The molecule has 0 bridgehead atoms. The van der Waals surface area contributed by atoms with Gasteiger partial charge in [-0.05, 0) is 24.6 Å². The first-order valence-corrected chi connectivity index (χ1v) is 8.25. The van der Waals surface area contributed by atoms with Gasteiger partial charge in [-0.2, -0.15) is 5.26 Å². The fourth-order valence-electron chi connectivity index (χ4n) is 2.89. The molecule has 1 aliphatic heterocycles. The van der Waals surface area contributed by atoms with Gasteiger partial charge >= 0.3 is 0 Å². The van der Waals surface area contributed by atoms with E-state index in [1.807, 2.05) is 12.1 Å². The number of nitriles is 1. The fourth-order valence-corrected chi connectivity index (χ4v) is 2.89. The van der Waals surface area contributed by atoms with Gasteiger partial charge in [-0.25, -0.2) is 4.98 Å². The highest BCUT2D eigenvalue weighted by Crippen LogP contribution is 2.15. The SMILES string of the molecule is C[C@H](Nc1ccc(C#N)cn1)[C@H]1CN(Cc2ccccc2)CCO1. The van der Waals surface area contributed by atoms with Crippen LogP contribution in [0.15, 0.2) is 48.7 Å². The van der Waals surface area contributed by atoms with Crippen LogP contribution in [0.25, 0.3) is 0 Å². The molecule has 0 amide bonds. The minimum Gasteiger partial charge on any atom is -0.373 e. The molecule has 0 radical (unpaired) electrons. The van der Waals surface area contributed by atoms with E-state index in [-0.39, 0.29) is 12.1 Å². The first-order valence-electron chi connectivity index (χ1n) is 8.25. The highest BCUT2D eigenvalue weighted by atomic mass is 16.5. The molecule has 5 heteroatoms. The van der Waals surface area contributed by atoms with Crippen molar-refractivity contribution >= 4 is 5.82 Å². The maximum atomic E-state index is 8.83. The van der Waals surface area contributed by atoms with Gasteiger partial charge in [0.1, 0.15) is 11.9 Å². The highest BCUT2D eigenvalue weighted by molar-refractivity contribution is 5.39. The summed E-state index contributed by atoms with van der Waals surface area (Å²) >= 11 is 0. The molecule has 3 rings (SSSR count). The Balaban J connectivity index is 1.56. The van der Waals surface area contributed by atoms with Gasteiger partial charge in [-0.3, -0.25) is 4.90 Å². The van der Waals surface area contributed by atoms with E-state index in [0.717, 1.165) is 32.1 Å². The van der Waals surface area contributed by atoms with Gasteiger partial charge in [0, 0.05) is 25.8 Å². The zero-order valence-electron chi connectivity index (χ0n) is 13.9. The Labute approximate surface area is 142 Å². The van der Waals surface area contributed by atoms with Gasteiger partial charge in [0.25, 0.3) is 0 Å². The van der Waals surface area contributed by atoms with Crippen molar-refractivity contribution in [2.75, 3.05) is 25.0 Å². The third kappa shape index (κ3) is 4.31. The predicted octanol–water partition coefficient (Wildman–Crippen LogP) is 2.65. The Hall–Kier alpha value is -2.42. The monoisotopic (exact) mass is 322 g/mol. The zero-order chi connectivity index (χ0) is 16.8. The average molecular weight is 322 g/mol. The topological polar surface area (TPSA) is 61.2 Å². The summed E-state index contributed by atoms with van der Waals surface area (Å²) in [5.74, 6) is 0.769. The maximum Gasteiger partial charge on any atom is 0.126 e. The van der Waals surface area contributed by atoms with Gasteiger partial charge in [0.05, 0.1) is 24.3 Å². The molecule has 1 aromatic carbocycles. The first kappa shape index (κ1) is 16.4. The lowest BCUT2D eigenvalue weighted by atomic mass is 10.1. The summed E-state index contributed by atoms with van der Waals surface area (Å²) in [6.45, 7) is 5.63. The summed E-state index contributed by atoms with van der Waals surface area (Å²) in [4.78, 5) is 6.69. The number of nitrogens with one attached hydrogen (secondary N) is 1. The largest absolute Gasteiger partial charge is 0.373 e. The summed E-state index contributed by atoms with van der Waals surface area (Å²) in [6, 6.07) is 16.3. The molecule has 1 saturated heterocycles. The van der Waals surface area contributed by atoms with Crippen LogP contribution >= 0.6 is 0 Å². The number of anilines is 1. The third-order valence-electron chi connectivity index (χ3n) is 4.25. The van der Waals surface area contributed by atoms with Gasteiger partial charge < -0.3 is 10.1 Å². The van der Waals surface area contributed by atoms with Gasteiger partial charge in [0.2, 0.25) is 0 Å². The van der Waals surface area contributed by atoms with E-state index in [4.69, 9.17) is 10.00 Å². The second-order valence-corrected chi connectivity index (χ2v) is 6.11. The molecule has 1 N–H and O–H groups in total. The number of rotatable bonds is 5. The van der Waals surface area contributed by atoms with Gasteiger partial charge in [0.15, 0.2) is 0 Å². The maximum absolute atomic E-state index is 8.83. The van der Waals surface area contributed by atoms with Crippen LogP contribution in [-0.2, 0) is 11.3 Å². The van der Waals surface area contributed by atoms with Crippen LogP contribution in [0.5, 0.6) is 0 Å². The number of hydrogen-bond donors (Lipinski definition) is 1. The molecule has 0 unspecified atom stereocenters. The van der Waals surface area contributed by atoms with E-state index in [2.05, 4.69) is 52.5 Å². The standard InChI is InChI=1S/C19H22N4O/c1-15(22-19-8-7-17(11-20)12-21-19)18-14-23(9-10-24-18)13-16-5-3-2-4-6-16/h2-8,12,15,18H,9-10,13-14H2,1H3,(H,21,22)/t15-,18+/m0/s1. The van der Waals surface area contributed by atoms with Crippen molar-refractivity contribution in [3.63, 3.8) is 0 Å². The molecule has 0 saturated carbocycles. The Morgan fingerprint density at radius 1 is 1.33 bits per heavy atom. The number of aromatic nitrogens is 1. The molecule has 0 aliphatic carbocycles. The number of pyridine rings is 1. The van der Waals surface area contributed by atoms with Crippen LogP contribution in [0.2, 0.25) is 0 Å². The van der Waals surface area contributed by atoms with E-state index in [1.165, 1.54) is 5.56 Å². The number of ether oxygens (including phenoxy) is 1. The van der Waals surface area contributed by atoms with Crippen LogP contribution in [0, 0.1) is 11.3 Å². The van der Waals surface area contributed by atoms with Crippen molar-refractivity contribution in [1.82, 2.24) is 9.88 Å². The molecule has 1 aliphatic rings. The average Bonchev–Trinajstić information content (AvgIpc) is 2.63. The van der Waals surface area contributed by atoms with Crippen molar-refractivity contribution in [2.24, 2.45) is 0 Å². The summed E-state index contributed by atoms with van der Waals surface area (Å²) in [6.07, 6.45) is 1.69. The summed E-state index contributed by atoms with van der Waals surface area (Å²) < 4.78 is 5.94. The van der Waals surface area contributed by atoms with Crippen LogP contribution in [-0.4, -0.2) is 41.7 Å². The molecule has 1 fully saturated rings. The Bertz CT molecular complexity index is 681. The van der Waals surface area contributed by atoms with E-state index in [1.54, 1.807) is 12.3 Å². The Morgan fingerprint density at radius 2 is 2.17 bits per heavy atom. The number of hydrogen-bond acceptors (Lipinski definition) is 5. The summed E-state index contributed by atoms with van der Waals surface area (Å²) in [5, 5.41) is 12.2. The van der Waals surface area contributed by atoms with Crippen LogP contribution in [0.3, 0.4) is 0 Å². The quantitative estimate of drug-likeness (QED) is 0.917. The van der Waals surface area contributed by atoms with Gasteiger partial charge in [-0.1, -0.05) is 30.3 Å². The molecular weight excluding hydrogens is 300 g/mol. The van der Waals surface area contributed by atoms with Crippen molar-refractivity contribution in [3.05, 3.63) is 59.8 Å². The number of benzene rings is 1. The lowest BCUT2D eigenvalue weighted by Crippen LogP contribution is -2.48. The fraction of sp³-hybridized carbons (Fsp3) is 0.368. The van der Waals surface area contributed by atoms with Crippen molar-refractivity contribution in [3.8, 4) is 6.07 Å². The number of morpholine rings is 1. The molecular formula is C19H22N4O. The van der Waals surface area contributed by atoms with E-state index < -0.39 is 0 Å². The molecule has 5 nitrogen and oxygen atoms in total. The van der Waals surface area contributed by atoms with Crippen molar-refractivity contribution in [2.45, 2.75) is 25.6 Å². The minimum absolute atomic E-state index is 0.111. The van der Waals surface area contributed by atoms with Gasteiger partial charge in [-0.15, -0.1) is 0 Å². The Kier molecular flexibility index (Phi) is 5.42. The molecule has 0 spiro atoms. The van der Waals surface area contributed by atoms with E-state index in [0.29, 0.717) is 5.56 Å². The van der Waals surface area contributed by atoms with E-state index >= 15 is 0 Å². The lowest BCUT2D eigenvalue weighted by molar-refractivity contribution is -0.0374. The van der Waals surface area contributed by atoms with Crippen LogP contribution in [0.1, 0.15) is 18.1 Å². The first-order chi connectivity index (χ1) is 11.7. The number of nitrogens with zero attached hydrogens (tertiary/aromatic N) is 3. The van der Waals surface area contributed by atoms with Crippen molar-refractivity contribution in [1.29, 1.82) is 5.26 Å². The minimum atomic E-state index is 0.111. The van der Waals surface area contributed by atoms with Crippen molar-refractivity contribution < 1.29 is 4.74 Å². The Morgan fingerprint density at radius 3 is 2.88 bits per heavy atom. The predicted molar refractivity (Wildman–Crippen MR) is 93.5 cm³/mol. The molecule has 24 heavy (non-hydrogen) atoms. The molecule has 2 heterocycles. The van der Waals surface area contributed by atoms with Crippen LogP contribution in [0.4, 0.5) is 5.82 Å². The molecule has 124 valence electrons. The summed E-state index contributed by atoms with van der Waals surface area (Å²) in [5.41, 5.74) is 1.89. The molecule has 2 atom stereocenters. The molecule has 2 aromatic rings. The smallest absolute Gasteiger partial charge is 0.126 e. The lowest BCUT2D eigenvalue weighted by Gasteiger charge is -2.36. The highest BCUT2D eigenvalue weighted by Gasteiger charge is 2.25. The van der Waals surface area contributed by atoms with E-state index in [9.17, 15) is 0 Å². The van der Waals surface area contributed by atoms with Crippen LogP contribution < -0.4 is 5.32 Å². The second-order valence-electron chi connectivity index (χ2n) is 6.11. The second kappa shape index (κ2) is 7.91. The molecule has 1 aromatic heterocycles. The summed E-state index contributed by atoms with van der Waals surface area (Å²) in [7, 11) is 0. The normalized spacial score (nSPS) is 19.4.